The van der Waals surface area contributed by atoms with E-state index >= 15 is 0 Å². The molecule has 4 fully saturated rings. The van der Waals surface area contributed by atoms with Crippen molar-refractivity contribution in [2.75, 3.05) is 0 Å². The molecular formula is C22H28F3N3. The minimum absolute atomic E-state index is 0.156. The molecule has 0 atom stereocenters. The molecule has 0 amide bonds. The second-order valence-corrected chi connectivity index (χ2v) is 9.61. The summed E-state index contributed by atoms with van der Waals surface area (Å²) in [5.74, 6) is 2.01. The Morgan fingerprint density at radius 1 is 1.11 bits per heavy atom. The van der Waals surface area contributed by atoms with Crippen LogP contribution in [0, 0.1) is 24.7 Å². The first-order valence-electron chi connectivity index (χ1n) is 10.7. The largest absolute Gasteiger partial charge is 0.417 e. The zero-order chi connectivity index (χ0) is 19.7. The summed E-state index contributed by atoms with van der Waals surface area (Å²) in [5.41, 5.74) is 0.860. The van der Waals surface area contributed by atoms with Crippen molar-refractivity contribution >= 4 is 11.0 Å². The first kappa shape index (κ1) is 18.4. The number of fused-ring (bicyclic) bond motifs is 1. The normalized spacial score (nSPS) is 31.8. The van der Waals surface area contributed by atoms with E-state index in [1.807, 2.05) is 0 Å². The maximum atomic E-state index is 14.0. The van der Waals surface area contributed by atoms with Crippen molar-refractivity contribution in [1.82, 2.24) is 14.8 Å². The van der Waals surface area contributed by atoms with E-state index < -0.39 is 11.7 Å². The molecule has 6 heteroatoms. The van der Waals surface area contributed by atoms with Gasteiger partial charge in [0.25, 0.3) is 0 Å². The number of rotatable bonds is 4. The number of pyridine rings is 1. The van der Waals surface area contributed by atoms with E-state index in [0.29, 0.717) is 41.3 Å². The highest BCUT2D eigenvalue weighted by Crippen LogP contribution is 2.60. The fourth-order valence-corrected chi connectivity index (χ4v) is 6.74. The van der Waals surface area contributed by atoms with Crippen LogP contribution in [0.3, 0.4) is 0 Å². The molecule has 0 aliphatic heterocycles. The number of halogens is 3. The molecule has 152 valence electrons. The highest BCUT2D eigenvalue weighted by Gasteiger charge is 2.53. The van der Waals surface area contributed by atoms with Crippen molar-refractivity contribution in [3.63, 3.8) is 0 Å². The van der Waals surface area contributed by atoms with Crippen molar-refractivity contribution in [3.05, 3.63) is 23.0 Å². The molecule has 4 bridgehead atoms. The Balaban J connectivity index is 1.69. The van der Waals surface area contributed by atoms with Gasteiger partial charge in [0.2, 0.25) is 0 Å². The van der Waals surface area contributed by atoms with Crippen molar-refractivity contribution in [3.8, 4) is 0 Å². The third kappa shape index (κ3) is 2.78. The molecule has 0 radical (unpaired) electrons. The molecule has 0 saturated heterocycles. The summed E-state index contributed by atoms with van der Waals surface area (Å²) in [6.45, 7) is 4.37. The predicted octanol–water partition coefficient (Wildman–Crippen LogP) is 6.03. The van der Waals surface area contributed by atoms with Gasteiger partial charge in [-0.2, -0.15) is 18.3 Å². The van der Waals surface area contributed by atoms with Gasteiger partial charge < -0.3 is 0 Å². The van der Waals surface area contributed by atoms with E-state index in [0.717, 1.165) is 32.1 Å². The molecule has 2 heterocycles. The summed E-state index contributed by atoms with van der Waals surface area (Å²) in [4.78, 5) is 4.91. The molecule has 2 aromatic heterocycles. The van der Waals surface area contributed by atoms with Crippen molar-refractivity contribution in [1.29, 1.82) is 0 Å². The molecule has 6 rings (SSSR count). The van der Waals surface area contributed by atoms with Crippen molar-refractivity contribution in [2.24, 2.45) is 17.8 Å². The van der Waals surface area contributed by atoms with E-state index in [-0.39, 0.29) is 10.8 Å². The summed E-state index contributed by atoms with van der Waals surface area (Å²) in [6.07, 6.45) is 4.30. The lowest BCUT2D eigenvalue weighted by Crippen LogP contribution is -2.49. The van der Waals surface area contributed by atoms with Crippen LogP contribution in [0.1, 0.15) is 75.2 Å². The fourth-order valence-electron chi connectivity index (χ4n) is 6.74. The fraction of sp³-hybridized carbons (Fsp3) is 0.727. The Morgan fingerprint density at radius 3 is 2.25 bits per heavy atom. The summed E-state index contributed by atoms with van der Waals surface area (Å²) < 4.78 is 43.9. The Kier molecular flexibility index (Phi) is 4.08. The standard InChI is InChI=1S/C22H28F3N3/c1-3-4-5-28-20-19(13(2)27-28)17(22(23,24)25)9-18(26-20)21-10-14-6-15(11-21)8-16(7-14)12-21/h9,14-16H,3-8,10-12H2,1-2H3. The first-order valence-corrected chi connectivity index (χ1v) is 10.7. The number of aromatic nitrogens is 3. The average molecular weight is 391 g/mol. The van der Waals surface area contributed by atoms with Crippen LogP contribution in [-0.2, 0) is 18.1 Å². The Labute approximate surface area is 163 Å². The summed E-state index contributed by atoms with van der Waals surface area (Å²) in [7, 11) is 0. The third-order valence-electron chi connectivity index (χ3n) is 7.49. The van der Waals surface area contributed by atoms with Gasteiger partial charge >= 0.3 is 6.18 Å². The maximum Gasteiger partial charge on any atom is 0.417 e. The molecule has 4 saturated carbocycles. The first-order chi connectivity index (χ1) is 13.3. The van der Waals surface area contributed by atoms with E-state index in [1.54, 1.807) is 11.6 Å². The van der Waals surface area contributed by atoms with Crippen LogP contribution in [0.4, 0.5) is 13.2 Å². The smallest absolute Gasteiger partial charge is 0.247 e. The summed E-state index contributed by atoms with van der Waals surface area (Å²) in [5, 5.41) is 4.63. The number of nitrogens with zero attached hydrogens (tertiary/aromatic N) is 3. The second-order valence-electron chi connectivity index (χ2n) is 9.61. The van der Waals surface area contributed by atoms with Gasteiger partial charge in [0, 0.05) is 17.7 Å². The average Bonchev–Trinajstić information content (AvgIpc) is 2.93. The van der Waals surface area contributed by atoms with Crippen LogP contribution < -0.4 is 0 Å². The van der Waals surface area contributed by atoms with Gasteiger partial charge in [-0.3, -0.25) is 0 Å². The van der Waals surface area contributed by atoms with Crippen LogP contribution in [-0.4, -0.2) is 14.8 Å². The maximum absolute atomic E-state index is 14.0. The second kappa shape index (κ2) is 6.20. The molecule has 2 aromatic rings. The van der Waals surface area contributed by atoms with Crippen LogP contribution >= 0.6 is 0 Å². The van der Waals surface area contributed by atoms with E-state index in [2.05, 4.69) is 12.0 Å². The highest BCUT2D eigenvalue weighted by atomic mass is 19.4. The lowest BCUT2D eigenvalue weighted by Gasteiger charge is -2.56. The van der Waals surface area contributed by atoms with Gasteiger partial charge in [-0.05, 0) is 75.7 Å². The molecule has 3 nitrogen and oxygen atoms in total. The summed E-state index contributed by atoms with van der Waals surface area (Å²) >= 11 is 0. The van der Waals surface area contributed by atoms with Crippen molar-refractivity contribution < 1.29 is 13.2 Å². The van der Waals surface area contributed by atoms with Gasteiger partial charge in [0.15, 0.2) is 5.65 Å². The number of alkyl halides is 3. The van der Waals surface area contributed by atoms with Gasteiger partial charge in [0.05, 0.1) is 16.6 Å². The zero-order valence-corrected chi connectivity index (χ0v) is 16.6. The van der Waals surface area contributed by atoms with E-state index in [1.165, 1.54) is 25.3 Å². The van der Waals surface area contributed by atoms with E-state index in [4.69, 9.17) is 4.98 Å². The third-order valence-corrected chi connectivity index (χ3v) is 7.49. The topological polar surface area (TPSA) is 30.7 Å². The molecule has 4 aliphatic carbocycles. The number of aryl methyl sites for hydroxylation is 2. The Hall–Kier alpha value is -1.59. The molecule has 0 N–H and O–H groups in total. The number of unbranched alkanes of at least 4 members (excludes halogenated alkanes) is 1. The Morgan fingerprint density at radius 2 is 1.71 bits per heavy atom. The quantitative estimate of drug-likeness (QED) is 0.637. The lowest BCUT2D eigenvalue weighted by atomic mass is 9.48. The monoisotopic (exact) mass is 391 g/mol. The molecule has 0 spiro atoms. The van der Waals surface area contributed by atoms with Crippen LogP contribution in [0.5, 0.6) is 0 Å². The molecule has 0 unspecified atom stereocenters. The molecule has 0 aromatic carbocycles. The van der Waals surface area contributed by atoms with Crippen molar-refractivity contribution in [2.45, 2.75) is 83.4 Å². The lowest BCUT2D eigenvalue weighted by molar-refractivity contribution is -0.136. The minimum atomic E-state index is -4.39. The van der Waals surface area contributed by atoms with Gasteiger partial charge in [-0.25, -0.2) is 9.67 Å². The molecular weight excluding hydrogens is 363 g/mol. The molecule has 28 heavy (non-hydrogen) atoms. The Bertz CT molecular complexity index is 877. The highest BCUT2D eigenvalue weighted by molar-refractivity contribution is 5.83. The SMILES string of the molecule is CCCCn1nc(C)c2c(C(F)(F)F)cc(C34CC5CC(CC(C5)C3)C4)nc21. The number of hydrogen-bond donors (Lipinski definition) is 0. The summed E-state index contributed by atoms with van der Waals surface area (Å²) in [6, 6.07) is 1.38. The predicted molar refractivity (Wildman–Crippen MR) is 102 cm³/mol. The van der Waals surface area contributed by atoms with Gasteiger partial charge in [-0.1, -0.05) is 13.3 Å². The van der Waals surface area contributed by atoms with Gasteiger partial charge in [-0.15, -0.1) is 0 Å². The number of hydrogen-bond acceptors (Lipinski definition) is 2. The molecule has 4 aliphatic rings. The van der Waals surface area contributed by atoms with Gasteiger partial charge in [0.1, 0.15) is 0 Å². The van der Waals surface area contributed by atoms with Crippen LogP contribution in [0.15, 0.2) is 6.07 Å². The van der Waals surface area contributed by atoms with E-state index in [9.17, 15) is 13.2 Å². The zero-order valence-electron chi connectivity index (χ0n) is 16.6. The van der Waals surface area contributed by atoms with Crippen LogP contribution in [0.2, 0.25) is 0 Å². The minimum Gasteiger partial charge on any atom is -0.247 e. The van der Waals surface area contributed by atoms with Crippen LogP contribution in [0.25, 0.3) is 11.0 Å².